The van der Waals surface area contributed by atoms with Crippen LogP contribution in [0.15, 0.2) is 18.2 Å². The molecule has 9 nitrogen and oxygen atoms in total. The van der Waals surface area contributed by atoms with Gasteiger partial charge in [-0.1, -0.05) is 12.1 Å². The monoisotopic (exact) mass is 421 g/mol. The minimum atomic E-state index is -1.03. The Morgan fingerprint density at radius 3 is 2.52 bits per heavy atom. The van der Waals surface area contributed by atoms with Crippen molar-refractivity contribution in [1.29, 1.82) is 0 Å². The molecule has 0 radical (unpaired) electrons. The Morgan fingerprint density at radius 1 is 1.21 bits per heavy atom. The first kappa shape index (κ1) is 22.4. The van der Waals surface area contributed by atoms with Gasteiger partial charge in [-0.05, 0) is 38.8 Å². The summed E-state index contributed by atoms with van der Waals surface area (Å²) in [5, 5.41) is 4.72. The number of fused-ring (bicyclic) bond motifs is 1. The zero-order valence-corrected chi connectivity index (χ0v) is 17.3. The van der Waals surface area contributed by atoms with E-state index in [2.05, 4.69) is 10.6 Å². The summed E-state index contributed by atoms with van der Waals surface area (Å²) >= 11 is 0. The summed E-state index contributed by atoms with van der Waals surface area (Å²) in [6, 6.07) is 3.69. The van der Waals surface area contributed by atoms with E-state index in [1.807, 2.05) is 0 Å². The number of hydrogen-bond donors (Lipinski definition) is 2. The molecule has 2 heterocycles. The molecule has 0 saturated carbocycles. The molecule has 1 fully saturated rings. The molecule has 156 valence electrons. The second-order valence-corrected chi connectivity index (χ2v) is 7.64. The molecular weight excluding hydrogens is 398 g/mol. The second-order valence-electron chi connectivity index (χ2n) is 7.64. The predicted molar refractivity (Wildman–Crippen MR) is 107 cm³/mol. The Balaban J connectivity index is 0.00000300. The summed E-state index contributed by atoms with van der Waals surface area (Å²) in [7, 11) is 0. The molecule has 3 rings (SSSR count). The number of ether oxygens (including phenoxy) is 1. The number of carbonyl (C=O) groups excluding carboxylic acids is 5. The molecule has 1 atom stereocenters. The summed E-state index contributed by atoms with van der Waals surface area (Å²) < 4.78 is 5.17. The second kappa shape index (κ2) is 8.24. The molecule has 0 spiro atoms. The van der Waals surface area contributed by atoms with Gasteiger partial charge in [0.15, 0.2) is 0 Å². The largest absolute Gasteiger partial charge is 0.444 e. The van der Waals surface area contributed by atoms with Gasteiger partial charge in [0.2, 0.25) is 11.8 Å². The van der Waals surface area contributed by atoms with Gasteiger partial charge in [-0.15, -0.1) is 0 Å². The van der Waals surface area contributed by atoms with Gasteiger partial charge in [0.1, 0.15) is 11.6 Å². The SMILES string of the molecule is CC(C)(C)OC(=O)NCc1cccc2c1C(=O)N([C@H]1CCC(=O)NC1=O)C2=O.S. The third kappa shape index (κ3) is 4.58. The molecule has 2 aliphatic heterocycles. The number of hydrogen-bond acceptors (Lipinski definition) is 6. The van der Waals surface area contributed by atoms with Gasteiger partial charge in [0.05, 0.1) is 11.1 Å². The standard InChI is InChI=1S/C19H21N3O6.H2S/c1-19(2,3)28-18(27)20-9-10-5-4-6-11-14(10)17(26)22(16(11)25)12-7-8-13(23)21-15(12)24;/h4-6,12H,7-9H2,1-3H3,(H,20,27)(H,21,23,24);1H2/t12-;/m0./s1. The van der Waals surface area contributed by atoms with Crippen molar-refractivity contribution in [1.82, 2.24) is 15.5 Å². The molecule has 0 unspecified atom stereocenters. The lowest BCUT2D eigenvalue weighted by atomic mass is 10.0. The van der Waals surface area contributed by atoms with Crippen LogP contribution >= 0.6 is 13.5 Å². The fraction of sp³-hybridized carbons (Fsp3) is 0.421. The van der Waals surface area contributed by atoms with E-state index in [0.29, 0.717) is 5.56 Å². The van der Waals surface area contributed by atoms with Crippen LogP contribution in [0.5, 0.6) is 0 Å². The molecule has 1 saturated heterocycles. The zero-order valence-electron chi connectivity index (χ0n) is 16.3. The molecule has 0 aliphatic carbocycles. The predicted octanol–water partition coefficient (Wildman–Crippen LogP) is 1.23. The third-order valence-corrected chi connectivity index (χ3v) is 4.38. The molecule has 10 heteroatoms. The van der Waals surface area contributed by atoms with Gasteiger partial charge in [-0.2, -0.15) is 13.5 Å². The Hall–Kier alpha value is -2.88. The summed E-state index contributed by atoms with van der Waals surface area (Å²) in [4.78, 5) is 61.9. The highest BCUT2D eigenvalue weighted by atomic mass is 32.1. The van der Waals surface area contributed by atoms with Crippen LogP contribution in [0.25, 0.3) is 0 Å². The highest BCUT2D eigenvalue weighted by Gasteiger charge is 2.45. The van der Waals surface area contributed by atoms with Crippen LogP contribution in [0.2, 0.25) is 0 Å². The number of imide groups is 2. The summed E-state index contributed by atoms with van der Waals surface area (Å²) in [5.41, 5.74) is 0.0832. The summed E-state index contributed by atoms with van der Waals surface area (Å²) in [5.74, 6) is -2.30. The molecule has 0 aromatic heterocycles. The number of amides is 5. The minimum absolute atomic E-state index is 0. The Bertz CT molecular complexity index is 892. The van der Waals surface area contributed by atoms with Gasteiger partial charge in [0, 0.05) is 13.0 Å². The molecule has 2 aliphatic rings. The van der Waals surface area contributed by atoms with Crippen LogP contribution in [0.3, 0.4) is 0 Å². The normalized spacial score (nSPS) is 18.7. The highest BCUT2D eigenvalue weighted by Crippen LogP contribution is 2.29. The Labute approximate surface area is 174 Å². The van der Waals surface area contributed by atoms with Crippen LogP contribution in [0, 0.1) is 0 Å². The van der Waals surface area contributed by atoms with Gasteiger partial charge < -0.3 is 10.1 Å². The molecule has 5 amide bonds. The van der Waals surface area contributed by atoms with E-state index in [1.165, 1.54) is 6.07 Å². The average Bonchev–Trinajstić information content (AvgIpc) is 2.84. The number of alkyl carbamates (subject to hydrolysis) is 1. The maximum absolute atomic E-state index is 12.9. The fourth-order valence-electron chi connectivity index (χ4n) is 3.21. The van der Waals surface area contributed by atoms with Crippen molar-refractivity contribution in [3.8, 4) is 0 Å². The Kier molecular flexibility index (Phi) is 6.37. The van der Waals surface area contributed by atoms with E-state index in [1.54, 1.807) is 32.9 Å². The molecule has 2 N–H and O–H groups in total. The van der Waals surface area contributed by atoms with Crippen molar-refractivity contribution in [3.05, 3.63) is 34.9 Å². The minimum Gasteiger partial charge on any atom is -0.444 e. The van der Waals surface area contributed by atoms with Crippen molar-refractivity contribution < 1.29 is 28.7 Å². The van der Waals surface area contributed by atoms with Crippen molar-refractivity contribution in [3.63, 3.8) is 0 Å². The van der Waals surface area contributed by atoms with Crippen LogP contribution in [0.4, 0.5) is 4.79 Å². The number of benzene rings is 1. The lowest BCUT2D eigenvalue weighted by molar-refractivity contribution is -0.136. The first-order valence-electron chi connectivity index (χ1n) is 8.89. The van der Waals surface area contributed by atoms with Crippen LogP contribution < -0.4 is 10.6 Å². The lowest BCUT2D eigenvalue weighted by Crippen LogP contribution is -2.54. The first-order chi connectivity index (χ1) is 13.1. The zero-order chi connectivity index (χ0) is 20.6. The number of carbonyl (C=O) groups is 5. The van der Waals surface area contributed by atoms with E-state index in [4.69, 9.17) is 4.74 Å². The molecular formula is C19H23N3O6S. The van der Waals surface area contributed by atoms with Crippen LogP contribution in [0.1, 0.15) is 59.9 Å². The number of nitrogens with zero attached hydrogens (tertiary/aromatic N) is 1. The van der Waals surface area contributed by atoms with Crippen LogP contribution in [-0.4, -0.2) is 46.3 Å². The van der Waals surface area contributed by atoms with E-state index in [9.17, 15) is 24.0 Å². The maximum atomic E-state index is 12.9. The lowest BCUT2D eigenvalue weighted by Gasteiger charge is -2.27. The van der Waals surface area contributed by atoms with Gasteiger partial charge in [-0.3, -0.25) is 29.4 Å². The van der Waals surface area contributed by atoms with Gasteiger partial charge in [-0.25, -0.2) is 4.79 Å². The van der Waals surface area contributed by atoms with E-state index in [0.717, 1.165) is 4.90 Å². The van der Waals surface area contributed by atoms with Crippen molar-refractivity contribution in [2.45, 2.75) is 51.8 Å². The molecule has 1 aromatic carbocycles. The van der Waals surface area contributed by atoms with E-state index < -0.39 is 41.4 Å². The molecule has 1 aromatic rings. The smallest absolute Gasteiger partial charge is 0.407 e. The quantitative estimate of drug-likeness (QED) is 0.708. The molecule has 0 bridgehead atoms. The highest BCUT2D eigenvalue weighted by molar-refractivity contribution is 7.59. The van der Waals surface area contributed by atoms with Crippen LogP contribution in [-0.2, 0) is 20.9 Å². The van der Waals surface area contributed by atoms with Crippen molar-refractivity contribution in [2.24, 2.45) is 0 Å². The first-order valence-corrected chi connectivity index (χ1v) is 8.89. The summed E-state index contributed by atoms with van der Waals surface area (Å²) in [6.45, 7) is 5.17. The topological polar surface area (TPSA) is 122 Å². The number of piperidine rings is 1. The molecule has 29 heavy (non-hydrogen) atoms. The van der Waals surface area contributed by atoms with Gasteiger partial charge in [0.25, 0.3) is 11.8 Å². The average molecular weight is 421 g/mol. The number of rotatable bonds is 3. The number of nitrogens with one attached hydrogen (secondary N) is 2. The van der Waals surface area contributed by atoms with Crippen molar-refractivity contribution >= 4 is 43.2 Å². The summed E-state index contributed by atoms with van der Waals surface area (Å²) in [6.07, 6.45) is -0.512. The van der Waals surface area contributed by atoms with Gasteiger partial charge >= 0.3 is 6.09 Å². The Morgan fingerprint density at radius 2 is 1.90 bits per heavy atom. The van der Waals surface area contributed by atoms with Crippen molar-refractivity contribution in [2.75, 3.05) is 0 Å². The third-order valence-electron chi connectivity index (χ3n) is 4.38. The van der Waals surface area contributed by atoms with E-state index in [-0.39, 0.29) is 44.0 Å². The van der Waals surface area contributed by atoms with E-state index >= 15 is 0 Å². The maximum Gasteiger partial charge on any atom is 0.407 e. The fourth-order valence-corrected chi connectivity index (χ4v) is 3.21.